The van der Waals surface area contributed by atoms with E-state index < -0.39 is 0 Å². The van der Waals surface area contributed by atoms with Gasteiger partial charge >= 0.3 is 6.03 Å². The second-order valence-electron chi connectivity index (χ2n) is 5.35. The van der Waals surface area contributed by atoms with Crippen LogP contribution in [0.2, 0.25) is 0 Å². The Labute approximate surface area is 90.5 Å². The molecule has 0 radical (unpaired) electrons. The van der Waals surface area contributed by atoms with Crippen LogP contribution in [0.5, 0.6) is 0 Å². The van der Waals surface area contributed by atoms with Crippen molar-refractivity contribution in [2.75, 3.05) is 26.2 Å². The Morgan fingerprint density at radius 2 is 2.07 bits per heavy atom. The highest BCUT2D eigenvalue weighted by molar-refractivity contribution is 5.75. The Hall–Kier alpha value is -1.24. The third kappa shape index (κ3) is 1.92. The maximum absolute atomic E-state index is 11.9. The first-order valence-electron chi connectivity index (χ1n) is 5.45. The summed E-state index contributed by atoms with van der Waals surface area (Å²) in [5.41, 5.74) is 0.259. The molecule has 0 unspecified atom stereocenters. The molecule has 0 aliphatic carbocycles. The molecule has 0 bridgehead atoms. The van der Waals surface area contributed by atoms with Crippen molar-refractivity contribution in [3.05, 3.63) is 0 Å². The SMILES string of the molecule is CC1(C)CCN(C(=O)N2CC(C#N)C2)C1. The van der Waals surface area contributed by atoms with Crippen LogP contribution in [0.25, 0.3) is 0 Å². The van der Waals surface area contributed by atoms with Gasteiger partial charge in [0.05, 0.1) is 12.0 Å². The van der Waals surface area contributed by atoms with E-state index in [4.69, 9.17) is 5.26 Å². The Bertz CT molecular complexity index is 312. The summed E-state index contributed by atoms with van der Waals surface area (Å²) in [6, 6.07) is 2.30. The van der Waals surface area contributed by atoms with Crippen molar-refractivity contribution < 1.29 is 4.79 Å². The second-order valence-corrected chi connectivity index (χ2v) is 5.35. The lowest BCUT2D eigenvalue weighted by Gasteiger charge is -2.38. The van der Waals surface area contributed by atoms with Gasteiger partial charge < -0.3 is 9.80 Å². The summed E-state index contributed by atoms with van der Waals surface area (Å²) in [5.74, 6) is 0.0598. The van der Waals surface area contributed by atoms with Crippen LogP contribution >= 0.6 is 0 Å². The van der Waals surface area contributed by atoms with Gasteiger partial charge in [0.1, 0.15) is 0 Å². The van der Waals surface area contributed by atoms with Crippen LogP contribution in [0.1, 0.15) is 20.3 Å². The molecule has 4 nitrogen and oxygen atoms in total. The minimum Gasteiger partial charge on any atom is -0.324 e. The third-order valence-electron chi connectivity index (χ3n) is 3.28. The minimum absolute atomic E-state index is 0.0598. The summed E-state index contributed by atoms with van der Waals surface area (Å²) in [6.45, 7) is 7.32. The fourth-order valence-corrected chi connectivity index (χ4v) is 2.19. The molecule has 0 aromatic carbocycles. The average molecular weight is 207 g/mol. The van der Waals surface area contributed by atoms with Crippen molar-refractivity contribution in [3.63, 3.8) is 0 Å². The molecular formula is C11H17N3O. The number of likely N-dealkylation sites (tertiary alicyclic amines) is 2. The summed E-state index contributed by atoms with van der Waals surface area (Å²) in [5, 5.41) is 8.63. The van der Waals surface area contributed by atoms with Gasteiger partial charge in [-0.1, -0.05) is 13.8 Å². The monoisotopic (exact) mass is 207 g/mol. The molecule has 2 heterocycles. The lowest BCUT2D eigenvalue weighted by Crippen LogP contribution is -2.54. The number of amides is 2. The zero-order valence-corrected chi connectivity index (χ0v) is 9.36. The minimum atomic E-state index is 0.0598. The predicted molar refractivity (Wildman–Crippen MR) is 56.0 cm³/mol. The molecule has 0 atom stereocenters. The molecule has 4 heteroatoms. The van der Waals surface area contributed by atoms with Crippen LogP contribution in [0.3, 0.4) is 0 Å². The molecule has 2 amide bonds. The highest BCUT2D eigenvalue weighted by Crippen LogP contribution is 2.30. The first kappa shape index (κ1) is 10.3. The maximum atomic E-state index is 11.9. The van der Waals surface area contributed by atoms with E-state index in [9.17, 15) is 4.79 Å². The van der Waals surface area contributed by atoms with Crippen LogP contribution in [-0.4, -0.2) is 42.0 Å². The number of hydrogen-bond donors (Lipinski definition) is 0. The fraction of sp³-hybridized carbons (Fsp3) is 0.818. The molecule has 0 aromatic heterocycles. The van der Waals surface area contributed by atoms with Gasteiger partial charge in [-0.25, -0.2) is 4.79 Å². The van der Waals surface area contributed by atoms with Crippen LogP contribution in [0.15, 0.2) is 0 Å². The number of nitriles is 1. The van der Waals surface area contributed by atoms with Gasteiger partial charge in [0, 0.05) is 26.2 Å². The van der Waals surface area contributed by atoms with E-state index in [2.05, 4.69) is 19.9 Å². The Kier molecular flexibility index (Phi) is 2.34. The van der Waals surface area contributed by atoms with Crippen molar-refractivity contribution in [2.45, 2.75) is 20.3 Å². The van der Waals surface area contributed by atoms with E-state index in [-0.39, 0.29) is 17.4 Å². The lowest BCUT2D eigenvalue weighted by atomic mass is 9.93. The van der Waals surface area contributed by atoms with Gasteiger partial charge in [0.15, 0.2) is 0 Å². The number of carbonyl (C=O) groups excluding carboxylic acids is 1. The average Bonchev–Trinajstić information content (AvgIpc) is 2.44. The summed E-state index contributed by atoms with van der Waals surface area (Å²) in [4.78, 5) is 15.6. The van der Waals surface area contributed by atoms with Gasteiger partial charge in [-0.2, -0.15) is 5.26 Å². The van der Waals surface area contributed by atoms with Gasteiger partial charge in [0.2, 0.25) is 0 Å². The highest BCUT2D eigenvalue weighted by atomic mass is 16.2. The van der Waals surface area contributed by atoms with E-state index in [0.717, 1.165) is 19.5 Å². The van der Waals surface area contributed by atoms with Crippen molar-refractivity contribution in [1.29, 1.82) is 5.26 Å². The van der Waals surface area contributed by atoms with Gasteiger partial charge in [-0.15, -0.1) is 0 Å². The third-order valence-corrected chi connectivity index (χ3v) is 3.28. The molecule has 0 N–H and O–H groups in total. The molecule has 82 valence electrons. The Morgan fingerprint density at radius 1 is 1.40 bits per heavy atom. The highest BCUT2D eigenvalue weighted by Gasteiger charge is 2.38. The summed E-state index contributed by atoms with van der Waals surface area (Å²) in [6.07, 6.45) is 1.08. The van der Waals surface area contributed by atoms with E-state index >= 15 is 0 Å². The number of carbonyl (C=O) groups is 1. The standard InChI is InChI=1S/C11H17N3O/c1-11(2)3-4-13(8-11)10(15)14-6-9(5-12)7-14/h9H,3-4,6-8H2,1-2H3. The van der Waals surface area contributed by atoms with E-state index in [1.165, 1.54) is 0 Å². The van der Waals surface area contributed by atoms with Gasteiger partial charge in [-0.3, -0.25) is 0 Å². The smallest absolute Gasteiger partial charge is 0.320 e. The van der Waals surface area contributed by atoms with E-state index in [1.54, 1.807) is 4.90 Å². The maximum Gasteiger partial charge on any atom is 0.320 e. The van der Waals surface area contributed by atoms with Crippen molar-refractivity contribution in [3.8, 4) is 6.07 Å². The molecule has 0 spiro atoms. The fourth-order valence-electron chi connectivity index (χ4n) is 2.19. The van der Waals surface area contributed by atoms with E-state index in [1.807, 2.05) is 4.90 Å². The molecular weight excluding hydrogens is 190 g/mol. The molecule has 2 fully saturated rings. The van der Waals surface area contributed by atoms with Crippen LogP contribution in [-0.2, 0) is 0 Å². The normalized spacial score (nSPS) is 24.9. The number of hydrogen-bond acceptors (Lipinski definition) is 2. The first-order chi connectivity index (χ1) is 7.02. The summed E-state index contributed by atoms with van der Waals surface area (Å²) in [7, 11) is 0. The molecule has 2 rings (SSSR count). The van der Waals surface area contributed by atoms with Gasteiger partial charge in [0.25, 0.3) is 0 Å². The Morgan fingerprint density at radius 3 is 2.53 bits per heavy atom. The van der Waals surface area contributed by atoms with Crippen molar-refractivity contribution in [1.82, 2.24) is 9.80 Å². The van der Waals surface area contributed by atoms with E-state index in [0.29, 0.717) is 13.1 Å². The topological polar surface area (TPSA) is 47.3 Å². The number of rotatable bonds is 0. The van der Waals surface area contributed by atoms with Crippen molar-refractivity contribution in [2.24, 2.45) is 11.3 Å². The van der Waals surface area contributed by atoms with Crippen molar-refractivity contribution >= 4 is 6.03 Å². The summed E-state index contributed by atoms with van der Waals surface area (Å²) < 4.78 is 0. The molecule has 0 aromatic rings. The zero-order valence-electron chi connectivity index (χ0n) is 9.36. The summed E-state index contributed by atoms with van der Waals surface area (Å²) >= 11 is 0. The molecule has 0 saturated carbocycles. The number of urea groups is 1. The Balaban J connectivity index is 1.86. The molecule has 15 heavy (non-hydrogen) atoms. The van der Waals surface area contributed by atoms with Crippen LogP contribution < -0.4 is 0 Å². The zero-order chi connectivity index (χ0) is 11.1. The molecule has 2 aliphatic heterocycles. The van der Waals surface area contributed by atoms with Gasteiger partial charge in [-0.05, 0) is 11.8 Å². The molecule has 2 aliphatic rings. The second kappa shape index (κ2) is 3.41. The van der Waals surface area contributed by atoms with Crippen LogP contribution in [0.4, 0.5) is 4.79 Å². The lowest BCUT2D eigenvalue weighted by molar-refractivity contribution is 0.112. The largest absolute Gasteiger partial charge is 0.324 e. The quantitative estimate of drug-likeness (QED) is 0.601. The first-order valence-corrected chi connectivity index (χ1v) is 5.45. The predicted octanol–water partition coefficient (Wildman–Crippen LogP) is 1.29. The molecule has 2 saturated heterocycles. The van der Waals surface area contributed by atoms with Crippen LogP contribution in [0, 0.1) is 22.7 Å². The number of nitrogens with zero attached hydrogens (tertiary/aromatic N) is 3.